The topological polar surface area (TPSA) is 40.7 Å². The van der Waals surface area contributed by atoms with Gasteiger partial charge >= 0.3 is 0 Å². The molecule has 1 atom stereocenters. The summed E-state index contributed by atoms with van der Waals surface area (Å²) in [5.41, 5.74) is 1.49. The molecule has 0 saturated carbocycles. The predicted molar refractivity (Wildman–Crippen MR) is 65.7 cm³/mol. The molecule has 0 aliphatic carbocycles. The number of aryl methyl sites for hydroxylation is 1. The summed E-state index contributed by atoms with van der Waals surface area (Å²) in [5.74, 6) is -2.65. The maximum absolute atomic E-state index is 14.3. The van der Waals surface area contributed by atoms with Crippen molar-refractivity contribution in [2.24, 2.45) is 5.92 Å². The number of imidazole rings is 1. The first-order chi connectivity index (χ1) is 8.57. The molecule has 1 saturated heterocycles. The fourth-order valence-corrected chi connectivity index (χ4v) is 2.54. The summed E-state index contributed by atoms with van der Waals surface area (Å²) in [6.45, 7) is 2.87. The maximum Gasteiger partial charge on any atom is 0.277 e. The first-order valence-electron chi connectivity index (χ1n) is 6.13. The lowest BCUT2D eigenvalue weighted by Gasteiger charge is -2.22. The second-order valence-corrected chi connectivity index (χ2v) is 4.87. The number of alkyl halides is 2. The Kier molecular flexibility index (Phi) is 2.59. The number of benzene rings is 1. The second-order valence-electron chi connectivity index (χ2n) is 4.87. The van der Waals surface area contributed by atoms with Crippen molar-refractivity contribution >= 4 is 11.0 Å². The zero-order valence-electron chi connectivity index (χ0n) is 10.1. The highest BCUT2D eigenvalue weighted by Gasteiger charge is 2.42. The second kappa shape index (κ2) is 4.02. The number of aromatic nitrogens is 2. The van der Waals surface area contributed by atoms with Crippen LogP contribution < -0.4 is 5.32 Å². The lowest BCUT2D eigenvalue weighted by Crippen LogP contribution is -2.27. The van der Waals surface area contributed by atoms with E-state index in [-0.39, 0.29) is 5.56 Å². The molecule has 1 unspecified atom stereocenters. The van der Waals surface area contributed by atoms with Crippen molar-refractivity contribution in [1.82, 2.24) is 15.3 Å². The van der Waals surface area contributed by atoms with Crippen molar-refractivity contribution in [1.29, 1.82) is 0 Å². The molecule has 96 valence electrons. The summed E-state index contributed by atoms with van der Waals surface area (Å²) in [7, 11) is 0. The summed E-state index contributed by atoms with van der Waals surface area (Å²) in [4.78, 5) is 7.22. The summed E-state index contributed by atoms with van der Waals surface area (Å²) in [6.07, 6.45) is 0.521. The van der Waals surface area contributed by atoms with Crippen molar-refractivity contribution in [3.8, 4) is 0 Å². The largest absolute Gasteiger partial charge is 0.342 e. The summed E-state index contributed by atoms with van der Waals surface area (Å²) >= 11 is 0. The molecule has 0 amide bonds. The van der Waals surface area contributed by atoms with Crippen molar-refractivity contribution in [3.63, 3.8) is 0 Å². The fourth-order valence-electron chi connectivity index (χ4n) is 2.54. The standard InChI is InChI=1S/C13H15F2N3/c1-8-17-11-3-2-9(6-12(11)18-8)13(14,15)10-4-5-16-7-10/h2-3,6,10,16H,4-5,7H2,1H3,(H,17,18). The third-order valence-corrected chi connectivity index (χ3v) is 3.56. The van der Waals surface area contributed by atoms with E-state index in [0.29, 0.717) is 25.0 Å². The van der Waals surface area contributed by atoms with Crippen molar-refractivity contribution in [3.05, 3.63) is 29.6 Å². The molecule has 5 heteroatoms. The summed E-state index contributed by atoms with van der Waals surface area (Å²) < 4.78 is 28.6. The number of rotatable bonds is 2. The monoisotopic (exact) mass is 251 g/mol. The molecule has 18 heavy (non-hydrogen) atoms. The van der Waals surface area contributed by atoms with Gasteiger partial charge in [0.1, 0.15) is 5.82 Å². The Morgan fingerprint density at radius 1 is 1.39 bits per heavy atom. The molecule has 3 rings (SSSR count). The van der Waals surface area contributed by atoms with Gasteiger partial charge in [-0.1, -0.05) is 6.07 Å². The molecule has 1 aliphatic heterocycles. The minimum absolute atomic E-state index is 0.0763. The maximum atomic E-state index is 14.3. The van der Waals surface area contributed by atoms with E-state index in [4.69, 9.17) is 0 Å². The summed E-state index contributed by atoms with van der Waals surface area (Å²) in [6, 6.07) is 4.67. The van der Waals surface area contributed by atoms with Crippen molar-refractivity contribution < 1.29 is 8.78 Å². The van der Waals surface area contributed by atoms with Crippen LogP contribution in [0.15, 0.2) is 18.2 Å². The Morgan fingerprint density at radius 2 is 2.22 bits per heavy atom. The Hall–Kier alpha value is -1.49. The molecule has 1 aromatic heterocycles. The first kappa shape index (κ1) is 11.6. The number of H-pyrrole nitrogens is 1. The van der Waals surface area contributed by atoms with E-state index >= 15 is 0 Å². The average Bonchev–Trinajstić information content (AvgIpc) is 2.95. The molecule has 2 N–H and O–H groups in total. The quantitative estimate of drug-likeness (QED) is 0.861. The van der Waals surface area contributed by atoms with Crippen LogP contribution in [0.25, 0.3) is 11.0 Å². The highest BCUT2D eigenvalue weighted by atomic mass is 19.3. The number of aromatic amines is 1. The van der Waals surface area contributed by atoms with E-state index in [1.54, 1.807) is 6.07 Å². The van der Waals surface area contributed by atoms with E-state index in [1.807, 2.05) is 6.92 Å². The van der Waals surface area contributed by atoms with E-state index in [1.165, 1.54) is 12.1 Å². The van der Waals surface area contributed by atoms with Crippen molar-refractivity contribution in [2.45, 2.75) is 19.3 Å². The summed E-state index contributed by atoms with van der Waals surface area (Å²) in [5, 5.41) is 2.99. The number of hydrogen-bond donors (Lipinski definition) is 2. The zero-order chi connectivity index (χ0) is 12.8. The van der Waals surface area contributed by atoms with Gasteiger partial charge in [-0.05, 0) is 32.0 Å². The Morgan fingerprint density at radius 3 is 2.94 bits per heavy atom. The molecule has 0 bridgehead atoms. The molecular formula is C13H15F2N3. The predicted octanol–water partition coefficient (Wildman–Crippen LogP) is 2.57. The molecule has 0 radical (unpaired) electrons. The number of halogens is 2. The average molecular weight is 251 g/mol. The van der Waals surface area contributed by atoms with Gasteiger partial charge in [0.15, 0.2) is 0 Å². The molecule has 1 aliphatic rings. The highest BCUT2D eigenvalue weighted by Crippen LogP contribution is 2.39. The van der Waals surface area contributed by atoms with Crippen LogP contribution in [0.3, 0.4) is 0 Å². The Balaban J connectivity index is 2.01. The van der Waals surface area contributed by atoms with Gasteiger partial charge in [-0.2, -0.15) is 0 Å². The normalized spacial score (nSPS) is 20.7. The SMILES string of the molecule is Cc1nc2ccc(C(F)(F)C3CCNC3)cc2[nH]1. The number of fused-ring (bicyclic) bond motifs is 1. The van der Waals surface area contributed by atoms with Gasteiger partial charge in [0.05, 0.1) is 11.0 Å². The Labute approximate surface area is 104 Å². The molecule has 2 aromatic rings. The van der Waals surface area contributed by atoms with Gasteiger partial charge in [0, 0.05) is 18.0 Å². The van der Waals surface area contributed by atoms with Crippen LogP contribution >= 0.6 is 0 Å². The third-order valence-electron chi connectivity index (χ3n) is 3.56. The van der Waals surface area contributed by atoms with Gasteiger partial charge in [-0.3, -0.25) is 0 Å². The van der Waals surface area contributed by atoms with Crippen LogP contribution in [0.2, 0.25) is 0 Å². The van der Waals surface area contributed by atoms with Crippen LogP contribution in [0.4, 0.5) is 8.78 Å². The highest BCUT2D eigenvalue weighted by molar-refractivity contribution is 5.76. The molecule has 1 fully saturated rings. The van der Waals surface area contributed by atoms with Gasteiger partial charge in [-0.15, -0.1) is 0 Å². The molecular weight excluding hydrogens is 236 g/mol. The van der Waals surface area contributed by atoms with Gasteiger partial charge in [0.2, 0.25) is 0 Å². The zero-order valence-corrected chi connectivity index (χ0v) is 10.1. The lowest BCUT2D eigenvalue weighted by molar-refractivity contribution is -0.0574. The van der Waals surface area contributed by atoms with Gasteiger partial charge < -0.3 is 10.3 Å². The van der Waals surface area contributed by atoms with Crippen LogP contribution in [-0.2, 0) is 5.92 Å². The van der Waals surface area contributed by atoms with Gasteiger partial charge in [-0.25, -0.2) is 13.8 Å². The molecule has 3 nitrogen and oxygen atoms in total. The minimum atomic E-state index is -2.78. The van der Waals surface area contributed by atoms with Crippen LogP contribution in [0, 0.1) is 12.8 Å². The lowest BCUT2D eigenvalue weighted by atomic mass is 9.93. The van der Waals surface area contributed by atoms with Gasteiger partial charge in [0.25, 0.3) is 5.92 Å². The number of nitrogens with one attached hydrogen (secondary N) is 2. The smallest absolute Gasteiger partial charge is 0.277 e. The third kappa shape index (κ3) is 1.79. The Bertz CT molecular complexity index is 571. The molecule has 0 spiro atoms. The fraction of sp³-hybridized carbons (Fsp3) is 0.462. The number of hydrogen-bond acceptors (Lipinski definition) is 2. The number of nitrogens with zero attached hydrogens (tertiary/aromatic N) is 1. The van der Waals surface area contributed by atoms with Crippen LogP contribution in [-0.4, -0.2) is 23.1 Å². The van der Waals surface area contributed by atoms with Crippen LogP contribution in [0.1, 0.15) is 17.8 Å². The van der Waals surface area contributed by atoms with Crippen molar-refractivity contribution in [2.75, 3.05) is 13.1 Å². The van der Waals surface area contributed by atoms with E-state index in [2.05, 4.69) is 15.3 Å². The van der Waals surface area contributed by atoms with Crippen LogP contribution in [0.5, 0.6) is 0 Å². The van der Waals surface area contributed by atoms with E-state index in [9.17, 15) is 8.78 Å². The first-order valence-corrected chi connectivity index (χ1v) is 6.13. The molecule has 1 aromatic carbocycles. The molecule has 2 heterocycles. The van der Waals surface area contributed by atoms with E-state index < -0.39 is 11.8 Å². The van der Waals surface area contributed by atoms with E-state index in [0.717, 1.165) is 11.3 Å². The minimum Gasteiger partial charge on any atom is -0.342 e.